The Morgan fingerprint density at radius 1 is 1.62 bits per heavy atom. The molecule has 1 rings (SSSR count). The van der Waals surface area contributed by atoms with E-state index in [0.717, 1.165) is 12.1 Å². The van der Waals surface area contributed by atoms with Gasteiger partial charge in [0.2, 0.25) is 0 Å². The van der Waals surface area contributed by atoms with Crippen LogP contribution in [0.4, 0.5) is 0 Å². The van der Waals surface area contributed by atoms with Gasteiger partial charge in [-0.3, -0.25) is 4.79 Å². The summed E-state index contributed by atoms with van der Waals surface area (Å²) in [5.74, 6) is 0.571. The zero-order valence-corrected chi connectivity index (χ0v) is 8.09. The van der Waals surface area contributed by atoms with E-state index in [9.17, 15) is 4.79 Å². The first-order valence-electron chi connectivity index (χ1n) is 4.23. The number of rotatable bonds is 2. The van der Waals surface area contributed by atoms with E-state index < -0.39 is 0 Å². The van der Waals surface area contributed by atoms with Gasteiger partial charge in [-0.2, -0.15) is 0 Å². The fourth-order valence-corrected chi connectivity index (χ4v) is 1.11. The molecule has 1 heterocycles. The van der Waals surface area contributed by atoms with Gasteiger partial charge in [0.05, 0.1) is 11.3 Å². The molecule has 0 radical (unpaired) electrons. The second-order valence-corrected chi connectivity index (χ2v) is 2.71. The minimum atomic E-state index is -0.128. The molecule has 0 fully saturated rings. The highest BCUT2D eigenvalue weighted by Gasteiger charge is 2.10. The van der Waals surface area contributed by atoms with Gasteiger partial charge >= 0.3 is 0 Å². The first-order valence-corrected chi connectivity index (χ1v) is 4.23. The number of hydrogen-bond donors (Lipinski definition) is 1. The Kier molecular flexibility index (Phi) is 2.95. The van der Waals surface area contributed by atoms with Gasteiger partial charge in [-0.05, 0) is 13.3 Å². The Morgan fingerprint density at radius 2 is 2.31 bits per heavy atom. The summed E-state index contributed by atoms with van der Waals surface area (Å²) in [6.07, 6.45) is 2.31. The zero-order chi connectivity index (χ0) is 9.84. The average Bonchev–Trinajstić information content (AvgIpc) is 2.16. The number of hydrogen-bond acceptors (Lipinski definition) is 3. The topological polar surface area (TPSA) is 54.9 Å². The van der Waals surface area contributed by atoms with Gasteiger partial charge in [-0.1, -0.05) is 6.92 Å². The molecule has 0 aromatic carbocycles. The van der Waals surface area contributed by atoms with Crippen LogP contribution in [0.2, 0.25) is 0 Å². The summed E-state index contributed by atoms with van der Waals surface area (Å²) in [4.78, 5) is 19.5. The summed E-state index contributed by atoms with van der Waals surface area (Å²) in [6, 6.07) is 0. The summed E-state index contributed by atoms with van der Waals surface area (Å²) < 4.78 is 0. The maximum absolute atomic E-state index is 11.3. The van der Waals surface area contributed by atoms with E-state index in [4.69, 9.17) is 0 Å². The van der Waals surface area contributed by atoms with Crippen LogP contribution < -0.4 is 5.32 Å². The number of aryl methyl sites for hydroxylation is 2. The second kappa shape index (κ2) is 3.98. The van der Waals surface area contributed by atoms with E-state index in [1.165, 1.54) is 0 Å². The Labute approximate surface area is 77.4 Å². The Balaban J connectivity index is 3.13. The quantitative estimate of drug-likeness (QED) is 0.727. The van der Waals surface area contributed by atoms with Gasteiger partial charge in [-0.25, -0.2) is 9.97 Å². The highest BCUT2D eigenvalue weighted by atomic mass is 16.1. The minimum absolute atomic E-state index is 0.128. The largest absolute Gasteiger partial charge is 0.355 e. The summed E-state index contributed by atoms with van der Waals surface area (Å²) in [6.45, 7) is 3.78. The van der Waals surface area contributed by atoms with E-state index >= 15 is 0 Å². The van der Waals surface area contributed by atoms with Crippen LogP contribution in [0.25, 0.3) is 0 Å². The van der Waals surface area contributed by atoms with Crippen molar-refractivity contribution < 1.29 is 4.79 Å². The van der Waals surface area contributed by atoms with Gasteiger partial charge in [-0.15, -0.1) is 0 Å². The first kappa shape index (κ1) is 9.64. The van der Waals surface area contributed by atoms with Crippen LogP contribution in [0.3, 0.4) is 0 Å². The van der Waals surface area contributed by atoms with Crippen molar-refractivity contribution in [2.24, 2.45) is 0 Å². The van der Waals surface area contributed by atoms with Gasteiger partial charge in [0.1, 0.15) is 5.82 Å². The van der Waals surface area contributed by atoms with Gasteiger partial charge in [0.15, 0.2) is 0 Å². The third-order valence-electron chi connectivity index (χ3n) is 1.79. The van der Waals surface area contributed by atoms with Crippen molar-refractivity contribution in [3.05, 3.63) is 23.3 Å². The predicted octanol–water partition coefficient (Wildman–Crippen LogP) is 0.707. The molecule has 4 nitrogen and oxygen atoms in total. The smallest absolute Gasteiger partial charge is 0.254 e. The second-order valence-electron chi connectivity index (χ2n) is 2.71. The maximum Gasteiger partial charge on any atom is 0.254 e. The molecule has 70 valence electrons. The monoisotopic (exact) mass is 179 g/mol. The zero-order valence-electron chi connectivity index (χ0n) is 8.09. The Morgan fingerprint density at radius 3 is 2.85 bits per heavy atom. The average molecular weight is 179 g/mol. The fourth-order valence-electron chi connectivity index (χ4n) is 1.11. The highest BCUT2D eigenvalue weighted by molar-refractivity contribution is 5.94. The molecule has 0 spiro atoms. The van der Waals surface area contributed by atoms with Gasteiger partial charge in [0, 0.05) is 13.2 Å². The molecule has 0 atom stereocenters. The molecule has 0 saturated carbocycles. The molecule has 0 aliphatic heterocycles. The van der Waals surface area contributed by atoms with Crippen molar-refractivity contribution in [3.8, 4) is 0 Å². The third-order valence-corrected chi connectivity index (χ3v) is 1.79. The molecule has 0 aliphatic rings. The highest BCUT2D eigenvalue weighted by Crippen LogP contribution is 2.05. The van der Waals surface area contributed by atoms with Crippen molar-refractivity contribution in [2.75, 3.05) is 7.05 Å². The molecular formula is C9H13N3O. The molecule has 1 N–H and O–H groups in total. The summed E-state index contributed by atoms with van der Waals surface area (Å²) in [5.41, 5.74) is 1.36. The number of nitrogens with zero attached hydrogens (tertiary/aromatic N) is 2. The standard InChI is InChI=1S/C9H13N3O/c1-4-8-7(9(13)10-3)5-11-6(2)12-8/h5H,4H2,1-3H3,(H,10,13). The lowest BCUT2D eigenvalue weighted by molar-refractivity contribution is 0.0961. The number of nitrogens with one attached hydrogen (secondary N) is 1. The minimum Gasteiger partial charge on any atom is -0.355 e. The van der Waals surface area contributed by atoms with Crippen LogP contribution in [-0.4, -0.2) is 22.9 Å². The van der Waals surface area contributed by atoms with Crippen molar-refractivity contribution in [1.29, 1.82) is 0 Å². The van der Waals surface area contributed by atoms with Crippen molar-refractivity contribution in [3.63, 3.8) is 0 Å². The number of carbonyl (C=O) groups excluding carboxylic acids is 1. The molecule has 0 aliphatic carbocycles. The lowest BCUT2D eigenvalue weighted by Crippen LogP contribution is -2.20. The molecule has 13 heavy (non-hydrogen) atoms. The lowest BCUT2D eigenvalue weighted by Gasteiger charge is -2.04. The van der Waals surface area contributed by atoms with Gasteiger partial charge in [0.25, 0.3) is 5.91 Å². The van der Waals surface area contributed by atoms with Crippen LogP contribution >= 0.6 is 0 Å². The Bertz CT molecular complexity index is 323. The molecule has 0 bridgehead atoms. The van der Waals surface area contributed by atoms with E-state index in [1.54, 1.807) is 13.2 Å². The first-order chi connectivity index (χ1) is 6.19. The number of carbonyl (C=O) groups is 1. The summed E-state index contributed by atoms with van der Waals surface area (Å²) in [7, 11) is 1.60. The van der Waals surface area contributed by atoms with Crippen LogP contribution in [0.5, 0.6) is 0 Å². The van der Waals surface area contributed by atoms with E-state index in [2.05, 4.69) is 15.3 Å². The normalized spacial score (nSPS) is 9.77. The van der Waals surface area contributed by atoms with E-state index in [-0.39, 0.29) is 5.91 Å². The van der Waals surface area contributed by atoms with Crippen LogP contribution in [0.1, 0.15) is 28.8 Å². The maximum atomic E-state index is 11.3. The number of aromatic nitrogens is 2. The van der Waals surface area contributed by atoms with Crippen molar-refractivity contribution >= 4 is 5.91 Å². The Hall–Kier alpha value is -1.45. The van der Waals surface area contributed by atoms with Crippen LogP contribution in [-0.2, 0) is 6.42 Å². The molecule has 4 heteroatoms. The van der Waals surface area contributed by atoms with E-state index in [0.29, 0.717) is 11.4 Å². The summed E-state index contributed by atoms with van der Waals surface area (Å²) in [5, 5.41) is 2.56. The van der Waals surface area contributed by atoms with Crippen LogP contribution in [0, 0.1) is 6.92 Å². The number of amides is 1. The van der Waals surface area contributed by atoms with Gasteiger partial charge < -0.3 is 5.32 Å². The van der Waals surface area contributed by atoms with E-state index in [1.807, 2.05) is 13.8 Å². The molecule has 1 amide bonds. The molecule has 1 aromatic rings. The van der Waals surface area contributed by atoms with Crippen molar-refractivity contribution in [2.45, 2.75) is 20.3 Å². The lowest BCUT2D eigenvalue weighted by atomic mass is 10.2. The molecule has 0 unspecified atom stereocenters. The van der Waals surface area contributed by atoms with Crippen LogP contribution in [0.15, 0.2) is 6.20 Å². The summed E-state index contributed by atoms with van der Waals surface area (Å²) >= 11 is 0. The molecule has 0 saturated heterocycles. The molecule has 1 aromatic heterocycles. The van der Waals surface area contributed by atoms with Crippen molar-refractivity contribution in [1.82, 2.24) is 15.3 Å². The fraction of sp³-hybridized carbons (Fsp3) is 0.444. The molecular weight excluding hydrogens is 166 g/mol. The predicted molar refractivity (Wildman–Crippen MR) is 49.5 cm³/mol. The third kappa shape index (κ3) is 2.02. The SMILES string of the molecule is CCc1nc(C)ncc1C(=O)NC.